The van der Waals surface area contributed by atoms with E-state index in [0.717, 1.165) is 27.4 Å². The molecule has 5 heteroatoms. The summed E-state index contributed by atoms with van der Waals surface area (Å²) < 4.78 is 2.70. The van der Waals surface area contributed by atoms with Gasteiger partial charge in [-0.3, -0.25) is 0 Å². The van der Waals surface area contributed by atoms with Gasteiger partial charge in [-0.05, 0) is 40.2 Å². The number of nitriles is 1. The number of rotatable bonds is 3. The van der Waals surface area contributed by atoms with Gasteiger partial charge in [0.15, 0.2) is 0 Å². The lowest BCUT2D eigenvalue weighted by atomic mass is 10.2. The zero-order valence-corrected chi connectivity index (χ0v) is 12.8. The number of hydrogen-bond donors (Lipinski definition) is 0. The standard InChI is InChI=1S/C14H15BrN4/c1-18(2)11-6-4-10(5-7-11)14-17-13(15)12(8-9-16)19(14)3/h4-7H,8H2,1-3H3. The molecule has 0 bridgehead atoms. The van der Waals surface area contributed by atoms with E-state index in [4.69, 9.17) is 5.26 Å². The van der Waals surface area contributed by atoms with Crippen LogP contribution in [0, 0.1) is 11.3 Å². The second-order valence-electron chi connectivity index (χ2n) is 4.51. The molecule has 0 fully saturated rings. The van der Waals surface area contributed by atoms with Crippen molar-refractivity contribution >= 4 is 21.6 Å². The van der Waals surface area contributed by atoms with Crippen molar-refractivity contribution < 1.29 is 0 Å². The van der Waals surface area contributed by atoms with Crippen LogP contribution in [0.5, 0.6) is 0 Å². The van der Waals surface area contributed by atoms with Crippen LogP contribution >= 0.6 is 15.9 Å². The summed E-state index contributed by atoms with van der Waals surface area (Å²) in [5.41, 5.74) is 3.08. The molecule has 0 unspecified atom stereocenters. The topological polar surface area (TPSA) is 44.9 Å². The van der Waals surface area contributed by atoms with E-state index in [2.05, 4.69) is 44.0 Å². The fourth-order valence-electron chi connectivity index (χ4n) is 1.93. The Balaban J connectivity index is 2.42. The van der Waals surface area contributed by atoms with Gasteiger partial charge in [0.1, 0.15) is 10.4 Å². The monoisotopic (exact) mass is 318 g/mol. The smallest absolute Gasteiger partial charge is 0.141 e. The first-order chi connectivity index (χ1) is 9.04. The minimum absolute atomic E-state index is 0.347. The fourth-order valence-corrected chi connectivity index (χ4v) is 2.51. The Labute approximate surface area is 121 Å². The van der Waals surface area contributed by atoms with E-state index in [1.807, 2.05) is 37.8 Å². The van der Waals surface area contributed by atoms with Crippen LogP contribution in [0.4, 0.5) is 5.69 Å². The highest BCUT2D eigenvalue weighted by atomic mass is 79.9. The number of imidazole rings is 1. The number of nitrogens with zero attached hydrogens (tertiary/aromatic N) is 4. The summed E-state index contributed by atoms with van der Waals surface area (Å²) in [4.78, 5) is 6.54. The Kier molecular flexibility index (Phi) is 3.91. The van der Waals surface area contributed by atoms with Gasteiger partial charge < -0.3 is 9.47 Å². The Bertz CT molecular complexity index is 620. The van der Waals surface area contributed by atoms with E-state index < -0.39 is 0 Å². The minimum Gasteiger partial charge on any atom is -0.378 e. The normalized spacial score (nSPS) is 10.3. The van der Waals surface area contributed by atoms with E-state index in [9.17, 15) is 0 Å². The van der Waals surface area contributed by atoms with Gasteiger partial charge >= 0.3 is 0 Å². The van der Waals surface area contributed by atoms with Crippen LogP contribution in [-0.2, 0) is 13.5 Å². The van der Waals surface area contributed by atoms with Crippen molar-refractivity contribution in [3.8, 4) is 17.5 Å². The highest BCUT2D eigenvalue weighted by Crippen LogP contribution is 2.26. The average molecular weight is 319 g/mol. The van der Waals surface area contributed by atoms with Gasteiger partial charge in [0, 0.05) is 32.4 Å². The van der Waals surface area contributed by atoms with E-state index in [1.54, 1.807) is 0 Å². The summed E-state index contributed by atoms with van der Waals surface area (Å²) in [6.45, 7) is 0. The van der Waals surface area contributed by atoms with Gasteiger partial charge in [-0.1, -0.05) is 0 Å². The van der Waals surface area contributed by atoms with Crippen LogP contribution in [0.3, 0.4) is 0 Å². The van der Waals surface area contributed by atoms with Gasteiger partial charge in [0.25, 0.3) is 0 Å². The van der Waals surface area contributed by atoms with Gasteiger partial charge in [-0.15, -0.1) is 0 Å². The molecule has 1 aromatic carbocycles. The molecular formula is C14H15BrN4. The van der Waals surface area contributed by atoms with E-state index in [1.165, 1.54) is 0 Å². The average Bonchev–Trinajstić information content (AvgIpc) is 2.67. The van der Waals surface area contributed by atoms with Gasteiger partial charge in [0.05, 0.1) is 18.2 Å². The van der Waals surface area contributed by atoms with Crippen molar-refractivity contribution in [3.63, 3.8) is 0 Å². The molecular weight excluding hydrogens is 304 g/mol. The lowest BCUT2D eigenvalue weighted by Gasteiger charge is -2.12. The first-order valence-electron chi connectivity index (χ1n) is 5.90. The Morgan fingerprint density at radius 1 is 1.32 bits per heavy atom. The predicted molar refractivity (Wildman–Crippen MR) is 80.0 cm³/mol. The summed E-state index contributed by atoms with van der Waals surface area (Å²) in [6, 6.07) is 10.4. The maximum atomic E-state index is 8.83. The summed E-state index contributed by atoms with van der Waals surface area (Å²) in [7, 11) is 5.95. The van der Waals surface area contributed by atoms with Crippen LogP contribution in [-0.4, -0.2) is 23.6 Å². The highest BCUT2D eigenvalue weighted by molar-refractivity contribution is 9.10. The fraction of sp³-hybridized carbons (Fsp3) is 0.286. The van der Waals surface area contributed by atoms with Crippen LogP contribution in [0.2, 0.25) is 0 Å². The van der Waals surface area contributed by atoms with Crippen molar-refractivity contribution in [2.75, 3.05) is 19.0 Å². The molecule has 0 aliphatic rings. The molecule has 0 radical (unpaired) electrons. The van der Waals surface area contributed by atoms with E-state index >= 15 is 0 Å². The molecule has 0 spiro atoms. The Morgan fingerprint density at radius 3 is 2.47 bits per heavy atom. The molecule has 0 saturated heterocycles. The molecule has 2 rings (SSSR count). The number of halogens is 1. The number of benzene rings is 1. The third-order valence-electron chi connectivity index (χ3n) is 3.05. The lowest BCUT2D eigenvalue weighted by Crippen LogP contribution is -2.08. The third kappa shape index (κ3) is 2.64. The maximum absolute atomic E-state index is 8.83. The molecule has 4 nitrogen and oxygen atoms in total. The maximum Gasteiger partial charge on any atom is 0.141 e. The van der Waals surface area contributed by atoms with Crippen molar-refractivity contribution in [1.82, 2.24) is 9.55 Å². The highest BCUT2D eigenvalue weighted by Gasteiger charge is 2.13. The quantitative estimate of drug-likeness (QED) is 0.874. The van der Waals surface area contributed by atoms with Crippen molar-refractivity contribution in [1.29, 1.82) is 5.26 Å². The lowest BCUT2D eigenvalue weighted by molar-refractivity contribution is 0.861. The molecule has 0 atom stereocenters. The second kappa shape index (κ2) is 5.45. The molecule has 0 aliphatic carbocycles. The first kappa shape index (κ1) is 13.6. The summed E-state index contributed by atoms with van der Waals surface area (Å²) in [6.07, 6.45) is 0.347. The predicted octanol–water partition coefficient (Wildman–Crippen LogP) is 2.98. The SMILES string of the molecule is CN(C)c1ccc(-c2nc(Br)c(CC#N)n2C)cc1. The summed E-state index contributed by atoms with van der Waals surface area (Å²) >= 11 is 3.41. The Morgan fingerprint density at radius 2 is 1.95 bits per heavy atom. The van der Waals surface area contributed by atoms with E-state index in [0.29, 0.717) is 6.42 Å². The molecule has 0 aliphatic heterocycles. The molecule has 19 heavy (non-hydrogen) atoms. The van der Waals surface area contributed by atoms with Crippen LogP contribution in [0.1, 0.15) is 5.69 Å². The zero-order valence-electron chi connectivity index (χ0n) is 11.2. The van der Waals surface area contributed by atoms with Gasteiger partial charge in [0.2, 0.25) is 0 Å². The van der Waals surface area contributed by atoms with Crippen LogP contribution in [0.15, 0.2) is 28.9 Å². The second-order valence-corrected chi connectivity index (χ2v) is 5.26. The molecule has 1 heterocycles. The minimum atomic E-state index is 0.347. The van der Waals surface area contributed by atoms with Gasteiger partial charge in [-0.25, -0.2) is 4.98 Å². The molecule has 0 amide bonds. The first-order valence-corrected chi connectivity index (χ1v) is 6.69. The number of hydrogen-bond acceptors (Lipinski definition) is 3. The van der Waals surface area contributed by atoms with E-state index in [-0.39, 0.29) is 0 Å². The largest absolute Gasteiger partial charge is 0.378 e. The molecule has 98 valence electrons. The van der Waals surface area contributed by atoms with Gasteiger partial charge in [-0.2, -0.15) is 5.26 Å². The zero-order chi connectivity index (χ0) is 14.0. The van der Waals surface area contributed by atoms with Crippen LogP contribution < -0.4 is 4.90 Å². The molecule has 0 saturated carbocycles. The molecule has 2 aromatic rings. The van der Waals surface area contributed by atoms with Crippen molar-refractivity contribution in [2.45, 2.75) is 6.42 Å². The Hall–Kier alpha value is -1.80. The summed E-state index contributed by atoms with van der Waals surface area (Å²) in [5, 5.41) is 8.83. The molecule has 0 N–H and O–H groups in total. The number of anilines is 1. The number of aromatic nitrogens is 2. The van der Waals surface area contributed by atoms with Crippen molar-refractivity contribution in [2.24, 2.45) is 7.05 Å². The summed E-state index contributed by atoms with van der Waals surface area (Å²) in [5.74, 6) is 0.863. The third-order valence-corrected chi connectivity index (χ3v) is 3.69. The van der Waals surface area contributed by atoms with Crippen LogP contribution in [0.25, 0.3) is 11.4 Å². The van der Waals surface area contributed by atoms with Crippen molar-refractivity contribution in [3.05, 3.63) is 34.6 Å². The molecule has 1 aromatic heterocycles.